The van der Waals surface area contributed by atoms with Crippen molar-refractivity contribution >= 4 is 5.71 Å². The van der Waals surface area contributed by atoms with Crippen molar-refractivity contribution in [3.63, 3.8) is 0 Å². The van der Waals surface area contributed by atoms with Crippen molar-refractivity contribution in [3.05, 3.63) is 29.8 Å². The molecule has 0 radical (unpaired) electrons. The lowest BCUT2D eigenvalue weighted by Gasteiger charge is -2.20. The average molecular weight is 235 g/mol. The van der Waals surface area contributed by atoms with Gasteiger partial charge in [-0.15, -0.1) is 0 Å². The molecule has 0 spiro atoms. The Morgan fingerprint density at radius 3 is 2.24 bits per heavy atom. The Bertz CT molecular complexity index is 403. The molecule has 0 saturated carbocycles. The lowest BCUT2D eigenvalue weighted by molar-refractivity contribution is -0.877. The highest BCUT2D eigenvalue weighted by atomic mass is 16.5. The number of nitrogens with zero attached hydrogens (tertiary/aromatic N) is 2. The number of hydrogen-bond acceptors (Lipinski definition) is 2. The Morgan fingerprint density at radius 1 is 1.18 bits per heavy atom. The molecule has 1 aromatic rings. The fraction of sp³-hybridized carbons (Fsp3) is 0.500. The smallest absolute Gasteiger partial charge is 0.128 e. The molecule has 0 bridgehead atoms. The van der Waals surface area contributed by atoms with Crippen LogP contribution in [0, 0.1) is 5.92 Å². The Morgan fingerprint density at radius 2 is 1.76 bits per heavy atom. The van der Waals surface area contributed by atoms with Gasteiger partial charge in [0, 0.05) is 11.5 Å². The lowest BCUT2D eigenvalue weighted by atomic mass is 9.99. The van der Waals surface area contributed by atoms with Crippen LogP contribution in [-0.4, -0.2) is 38.6 Å². The van der Waals surface area contributed by atoms with Gasteiger partial charge in [-0.3, -0.25) is 0 Å². The molecule has 1 rings (SSSR count). The summed E-state index contributed by atoms with van der Waals surface area (Å²) >= 11 is 0. The van der Waals surface area contributed by atoms with Gasteiger partial charge in [0.1, 0.15) is 11.5 Å². The molecule has 0 fully saturated rings. The molecule has 0 N–H and O–H groups in total. The van der Waals surface area contributed by atoms with E-state index in [-0.39, 0.29) is 0 Å². The SMILES string of the molecule is COc1ccccc1/C(=N/[N+](C)(C)C)C(C)C. The molecule has 0 amide bonds. The third kappa shape index (κ3) is 3.86. The van der Waals surface area contributed by atoms with E-state index in [0.29, 0.717) is 10.5 Å². The highest BCUT2D eigenvalue weighted by Gasteiger charge is 2.18. The Labute approximate surface area is 104 Å². The Balaban J connectivity index is 3.29. The van der Waals surface area contributed by atoms with Crippen LogP contribution in [0.1, 0.15) is 19.4 Å². The lowest BCUT2D eigenvalue weighted by Crippen LogP contribution is -2.30. The van der Waals surface area contributed by atoms with Crippen LogP contribution in [0.3, 0.4) is 0 Å². The van der Waals surface area contributed by atoms with Crippen LogP contribution in [0.2, 0.25) is 0 Å². The molecule has 0 aromatic heterocycles. The molecule has 1 aromatic carbocycles. The van der Waals surface area contributed by atoms with E-state index in [4.69, 9.17) is 9.84 Å². The zero-order valence-electron chi connectivity index (χ0n) is 11.7. The minimum absolute atomic E-state index is 0.364. The molecule has 3 heteroatoms. The third-order valence-electron chi connectivity index (χ3n) is 2.34. The van der Waals surface area contributed by atoms with Gasteiger partial charge in [0.25, 0.3) is 0 Å². The number of benzene rings is 1. The summed E-state index contributed by atoms with van der Waals surface area (Å²) in [6, 6.07) is 8.04. The van der Waals surface area contributed by atoms with Crippen LogP contribution in [0.15, 0.2) is 29.4 Å². The van der Waals surface area contributed by atoms with Crippen LogP contribution in [0.5, 0.6) is 5.75 Å². The summed E-state index contributed by atoms with van der Waals surface area (Å²) in [5.41, 5.74) is 2.16. The van der Waals surface area contributed by atoms with Gasteiger partial charge in [0.2, 0.25) is 0 Å². The second-order valence-electron chi connectivity index (χ2n) is 5.28. The van der Waals surface area contributed by atoms with Gasteiger partial charge >= 0.3 is 0 Å². The molecule has 0 atom stereocenters. The number of ether oxygens (including phenoxy) is 1. The first-order valence-corrected chi connectivity index (χ1v) is 5.90. The summed E-state index contributed by atoms with van der Waals surface area (Å²) in [6.07, 6.45) is 0. The largest absolute Gasteiger partial charge is 0.496 e. The highest BCUT2D eigenvalue weighted by Crippen LogP contribution is 2.22. The molecule has 3 nitrogen and oxygen atoms in total. The Kier molecular flexibility index (Phi) is 4.29. The van der Waals surface area contributed by atoms with Gasteiger partial charge in [-0.25, -0.2) is 4.59 Å². The molecule has 94 valence electrons. The van der Waals surface area contributed by atoms with Crippen LogP contribution >= 0.6 is 0 Å². The second-order valence-corrected chi connectivity index (χ2v) is 5.28. The average Bonchev–Trinajstić information content (AvgIpc) is 2.24. The summed E-state index contributed by atoms with van der Waals surface area (Å²) in [6.45, 7) is 4.31. The maximum absolute atomic E-state index is 5.40. The van der Waals surface area contributed by atoms with Crippen LogP contribution < -0.4 is 4.74 Å². The zero-order chi connectivity index (χ0) is 13.1. The number of quaternary nitrogens is 1. The van der Waals surface area contributed by atoms with E-state index in [1.807, 2.05) is 18.2 Å². The number of hydrogen-bond donors (Lipinski definition) is 0. The maximum atomic E-state index is 5.40. The summed E-state index contributed by atoms with van der Waals surface area (Å²) < 4.78 is 5.96. The molecule has 0 aliphatic heterocycles. The number of para-hydroxylation sites is 1. The van der Waals surface area contributed by atoms with Gasteiger partial charge < -0.3 is 4.74 Å². The van der Waals surface area contributed by atoms with Crippen molar-refractivity contribution < 1.29 is 9.33 Å². The van der Waals surface area contributed by atoms with E-state index in [1.165, 1.54) is 0 Å². The minimum atomic E-state index is 0.364. The highest BCUT2D eigenvalue weighted by molar-refractivity contribution is 6.03. The summed E-state index contributed by atoms with van der Waals surface area (Å²) in [4.78, 5) is 0. The number of methoxy groups -OCH3 is 1. The summed E-state index contributed by atoms with van der Waals surface area (Å²) in [5.74, 6) is 1.25. The monoisotopic (exact) mass is 235 g/mol. The van der Waals surface area contributed by atoms with Crippen LogP contribution in [-0.2, 0) is 0 Å². The van der Waals surface area contributed by atoms with Gasteiger partial charge in [0.15, 0.2) is 0 Å². The molecule has 0 aliphatic carbocycles. The van der Waals surface area contributed by atoms with Crippen molar-refractivity contribution in [1.29, 1.82) is 0 Å². The van der Waals surface area contributed by atoms with E-state index >= 15 is 0 Å². The Hall–Kier alpha value is -1.35. The van der Waals surface area contributed by atoms with Crippen molar-refractivity contribution in [1.82, 2.24) is 0 Å². The zero-order valence-corrected chi connectivity index (χ0v) is 11.7. The van der Waals surface area contributed by atoms with Gasteiger partial charge in [-0.05, 0) is 12.1 Å². The standard InChI is InChI=1S/C14H23N2O/c1-11(2)14(15-16(3,4)5)12-9-7-8-10-13(12)17-6/h7-11H,1-6H3/q+1/b15-14+. The van der Waals surface area contributed by atoms with Crippen molar-refractivity contribution in [2.24, 2.45) is 11.0 Å². The predicted molar refractivity (Wildman–Crippen MR) is 72.4 cm³/mol. The first-order chi connectivity index (χ1) is 7.85. The molecular formula is C14H23N2O+. The maximum Gasteiger partial charge on any atom is 0.128 e. The normalized spacial score (nSPS) is 13.0. The van der Waals surface area contributed by atoms with E-state index in [2.05, 4.69) is 41.1 Å². The predicted octanol–water partition coefficient (Wildman–Crippen LogP) is 2.76. The minimum Gasteiger partial charge on any atom is -0.496 e. The molecule has 0 heterocycles. The third-order valence-corrected chi connectivity index (χ3v) is 2.34. The fourth-order valence-corrected chi connectivity index (χ4v) is 1.66. The summed E-state index contributed by atoms with van der Waals surface area (Å²) in [5, 5.41) is 4.76. The molecule has 17 heavy (non-hydrogen) atoms. The fourth-order valence-electron chi connectivity index (χ4n) is 1.66. The topological polar surface area (TPSA) is 21.6 Å². The molecule has 0 aliphatic rings. The van der Waals surface area contributed by atoms with Gasteiger partial charge in [-0.1, -0.05) is 31.1 Å². The van der Waals surface area contributed by atoms with E-state index in [9.17, 15) is 0 Å². The van der Waals surface area contributed by atoms with Gasteiger partial charge in [0.05, 0.1) is 28.3 Å². The quantitative estimate of drug-likeness (QED) is 0.447. The second kappa shape index (κ2) is 5.32. The van der Waals surface area contributed by atoms with Crippen molar-refractivity contribution in [2.45, 2.75) is 13.8 Å². The van der Waals surface area contributed by atoms with Crippen LogP contribution in [0.4, 0.5) is 0 Å². The van der Waals surface area contributed by atoms with Gasteiger partial charge in [-0.2, -0.15) is 0 Å². The van der Waals surface area contributed by atoms with Crippen molar-refractivity contribution in [3.8, 4) is 5.75 Å². The van der Waals surface area contributed by atoms with E-state index in [0.717, 1.165) is 17.0 Å². The van der Waals surface area contributed by atoms with E-state index < -0.39 is 0 Å². The van der Waals surface area contributed by atoms with Crippen molar-refractivity contribution in [2.75, 3.05) is 28.3 Å². The summed E-state index contributed by atoms with van der Waals surface area (Å²) in [7, 11) is 7.86. The van der Waals surface area contributed by atoms with Crippen LogP contribution in [0.25, 0.3) is 0 Å². The number of rotatable bonds is 4. The first kappa shape index (κ1) is 13.7. The molecule has 0 saturated heterocycles. The first-order valence-electron chi connectivity index (χ1n) is 5.90. The molecular weight excluding hydrogens is 212 g/mol. The van der Waals surface area contributed by atoms with E-state index in [1.54, 1.807) is 7.11 Å². The molecule has 0 unspecified atom stereocenters.